The number of aromatic nitrogens is 2. The number of halogens is 1. The van der Waals surface area contributed by atoms with E-state index in [4.69, 9.17) is 11.6 Å². The summed E-state index contributed by atoms with van der Waals surface area (Å²) in [5, 5.41) is 4.09. The van der Waals surface area contributed by atoms with Crippen molar-refractivity contribution in [3.8, 4) is 0 Å². The molecule has 0 radical (unpaired) electrons. The molecule has 1 saturated heterocycles. The van der Waals surface area contributed by atoms with Crippen LogP contribution in [0.25, 0.3) is 0 Å². The lowest BCUT2D eigenvalue weighted by atomic mass is 9.99. The minimum atomic E-state index is -0.209. The Morgan fingerprint density at radius 2 is 1.58 bits per heavy atom. The Morgan fingerprint density at radius 3 is 2.19 bits per heavy atom. The zero-order chi connectivity index (χ0) is 21.5. The summed E-state index contributed by atoms with van der Waals surface area (Å²) in [6.45, 7) is 1.96. The first-order chi connectivity index (χ1) is 15.2. The van der Waals surface area contributed by atoms with Crippen molar-refractivity contribution in [2.24, 2.45) is 0 Å². The molecule has 2 aromatic carbocycles. The van der Waals surface area contributed by atoms with Crippen molar-refractivity contribution in [3.63, 3.8) is 0 Å². The summed E-state index contributed by atoms with van der Waals surface area (Å²) in [7, 11) is 0. The highest BCUT2D eigenvalue weighted by Crippen LogP contribution is 2.25. The molecule has 0 saturated carbocycles. The van der Waals surface area contributed by atoms with Gasteiger partial charge in [0.1, 0.15) is 11.0 Å². The first-order valence-electron chi connectivity index (χ1n) is 10.5. The van der Waals surface area contributed by atoms with Crippen LogP contribution in [0.4, 0.5) is 5.82 Å². The summed E-state index contributed by atoms with van der Waals surface area (Å²) >= 11 is 7.55. The van der Waals surface area contributed by atoms with Gasteiger partial charge in [-0.05, 0) is 30.4 Å². The monoisotopic (exact) mass is 452 g/mol. The highest BCUT2D eigenvalue weighted by atomic mass is 35.5. The van der Waals surface area contributed by atoms with Crippen LogP contribution >= 0.6 is 23.4 Å². The van der Waals surface area contributed by atoms with E-state index in [0.29, 0.717) is 10.3 Å². The Labute approximate surface area is 192 Å². The molecular formula is C24H25ClN4OS. The predicted molar refractivity (Wildman–Crippen MR) is 127 cm³/mol. The molecule has 0 unspecified atom stereocenters. The number of hydrogen-bond donors (Lipinski definition) is 1. The number of nitrogens with one attached hydrogen (secondary N) is 1. The van der Waals surface area contributed by atoms with E-state index in [2.05, 4.69) is 20.2 Å². The first-order valence-corrected chi connectivity index (χ1v) is 11.9. The van der Waals surface area contributed by atoms with Gasteiger partial charge in [-0.3, -0.25) is 4.79 Å². The second kappa shape index (κ2) is 10.6. The topological polar surface area (TPSA) is 58.1 Å². The van der Waals surface area contributed by atoms with Crippen LogP contribution in [0.15, 0.2) is 71.9 Å². The molecule has 1 N–H and O–H groups in total. The number of amides is 1. The molecule has 0 bridgehead atoms. The molecule has 3 aromatic rings. The third-order valence-electron chi connectivity index (χ3n) is 5.24. The van der Waals surface area contributed by atoms with Gasteiger partial charge in [0.25, 0.3) is 0 Å². The third-order valence-corrected chi connectivity index (χ3v) is 6.29. The lowest BCUT2D eigenvalue weighted by molar-refractivity contribution is -0.119. The normalized spacial score (nSPS) is 13.9. The van der Waals surface area contributed by atoms with E-state index in [9.17, 15) is 4.79 Å². The van der Waals surface area contributed by atoms with E-state index in [-0.39, 0.29) is 17.7 Å². The summed E-state index contributed by atoms with van der Waals surface area (Å²) in [4.78, 5) is 24.0. The smallest absolute Gasteiger partial charge is 0.231 e. The highest BCUT2D eigenvalue weighted by Gasteiger charge is 2.18. The molecule has 5 nitrogen and oxygen atoms in total. The van der Waals surface area contributed by atoms with Gasteiger partial charge in [-0.2, -0.15) is 0 Å². The number of benzene rings is 2. The van der Waals surface area contributed by atoms with Crippen LogP contribution in [-0.2, 0) is 4.79 Å². The van der Waals surface area contributed by atoms with Crippen molar-refractivity contribution >= 4 is 35.1 Å². The van der Waals surface area contributed by atoms with Crippen molar-refractivity contribution in [3.05, 3.63) is 83.0 Å². The Balaban J connectivity index is 1.43. The van der Waals surface area contributed by atoms with E-state index < -0.39 is 0 Å². The number of hydrogen-bond acceptors (Lipinski definition) is 5. The second-order valence-corrected chi connectivity index (χ2v) is 8.82. The molecule has 1 aromatic heterocycles. The van der Waals surface area contributed by atoms with E-state index >= 15 is 0 Å². The standard InChI is InChI=1S/C24H25ClN4OS/c25-20-16-21(29-14-8-3-9-15-29)27-24(26-20)31-17-22(30)28-23(18-10-4-1-5-11-18)19-12-6-2-7-13-19/h1-2,4-7,10-13,16,23H,3,8-9,14-15,17H2,(H,28,30). The number of nitrogens with zero attached hydrogens (tertiary/aromatic N) is 3. The lowest BCUT2D eigenvalue weighted by Crippen LogP contribution is -2.31. The van der Waals surface area contributed by atoms with Gasteiger partial charge in [-0.15, -0.1) is 0 Å². The summed E-state index contributed by atoms with van der Waals surface area (Å²) in [5.41, 5.74) is 2.08. The van der Waals surface area contributed by atoms with E-state index in [1.165, 1.54) is 18.2 Å². The van der Waals surface area contributed by atoms with Gasteiger partial charge in [0, 0.05) is 19.2 Å². The number of carbonyl (C=O) groups excluding carboxylic acids is 1. The Kier molecular flexibility index (Phi) is 7.43. The fourth-order valence-electron chi connectivity index (χ4n) is 3.72. The van der Waals surface area contributed by atoms with Crippen molar-refractivity contribution in [1.29, 1.82) is 0 Å². The Hall–Kier alpha value is -2.57. The highest BCUT2D eigenvalue weighted by molar-refractivity contribution is 7.99. The van der Waals surface area contributed by atoms with Crippen LogP contribution in [0.2, 0.25) is 5.15 Å². The van der Waals surface area contributed by atoms with Crippen molar-refractivity contribution < 1.29 is 4.79 Å². The van der Waals surface area contributed by atoms with Crippen molar-refractivity contribution in [1.82, 2.24) is 15.3 Å². The summed E-state index contributed by atoms with van der Waals surface area (Å²) in [6.07, 6.45) is 3.57. The van der Waals surface area contributed by atoms with Gasteiger partial charge in [-0.25, -0.2) is 9.97 Å². The quantitative estimate of drug-likeness (QED) is 0.306. The molecule has 0 atom stereocenters. The van der Waals surface area contributed by atoms with Crippen LogP contribution < -0.4 is 10.2 Å². The zero-order valence-corrected chi connectivity index (χ0v) is 18.8. The minimum absolute atomic E-state index is 0.0780. The zero-order valence-electron chi connectivity index (χ0n) is 17.2. The average molecular weight is 453 g/mol. The fourth-order valence-corrected chi connectivity index (χ4v) is 4.61. The fraction of sp³-hybridized carbons (Fsp3) is 0.292. The van der Waals surface area contributed by atoms with Crippen molar-refractivity contribution in [2.45, 2.75) is 30.5 Å². The van der Waals surface area contributed by atoms with Crippen molar-refractivity contribution in [2.75, 3.05) is 23.7 Å². The molecule has 7 heteroatoms. The molecule has 1 aliphatic rings. The van der Waals surface area contributed by atoms with Gasteiger partial charge >= 0.3 is 0 Å². The molecule has 160 valence electrons. The van der Waals surface area contributed by atoms with Gasteiger partial charge in [-0.1, -0.05) is 84.0 Å². The van der Waals surface area contributed by atoms with Crippen LogP contribution in [0, 0.1) is 0 Å². The minimum Gasteiger partial charge on any atom is -0.356 e. The van der Waals surface area contributed by atoms with Gasteiger partial charge in [0.15, 0.2) is 5.16 Å². The number of anilines is 1. The first kappa shape index (κ1) is 21.7. The molecule has 0 aliphatic carbocycles. The summed E-state index contributed by atoms with van der Waals surface area (Å²) < 4.78 is 0. The molecule has 1 fully saturated rings. The Bertz CT molecular complexity index is 957. The molecule has 1 aliphatic heterocycles. The van der Waals surface area contributed by atoms with Crippen LogP contribution in [-0.4, -0.2) is 34.7 Å². The largest absolute Gasteiger partial charge is 0.356 e. The SMILES string of the molecule is O=C(CSc1nc(Cl)cc(N2CCCCC2)n1)NC(c1ccccc1)c1ccccc1. The van der Waals surface area contributed by atoms with E-state index in [1.54, 1.807) is 6.07 Å². The maximum atomic E-state index is 12.8. The van der Waals surface area contributed by atoms with Crippen LogP contribution in [0.1, 0.15) is 36.4 Å². The number of carbonyl (C=O) groups is 1. The molecule has 1 amide bonds. The lowest BCUT2D eigenvalue weighted by Gasteiger charge is -2.27. The van der Waals surface area contributed by atoms with Crippen LogP contribution in [0.5, 0.6) is 0 Å². The Morgan fingerprint density at radius 1 is 0.968 bits per heavy atom. The summed E-state index contributed by atoms with van der Waals surface area (Å²) in [5.74, 6) is 0.982. The second-order valence-electron chi connectivity index (χ2n) is 7.49. The number of rotatable bonds is 7. The summed E-state index contributed by atoms with van der Waals surface area (Å²) in [6, 6.07) is 21.6. The number of piperidine rings is 1. The third kappa shape index (κ3) is 5.99. The number of thioether (sulfide) groups is 1. The maximum absolute atomic E-state index is 12.8. The van der Waals surface area contributed by atoms with Gasteiger partial charge in [0.2, 0.25) is 5.91 Å². The maximum Gasteiger partial charge on any atom is 0.231 e. The molecule has 31 heavy (non-hydrogen) atoms. The molecular weight excluding hydrogens is 428 g/mol. The van der Waals surface area contributed by atoms with Gasteiger partial charge in [0.05, 0.1) is 11.8 Å². The average Bonchev–Trinajstić information content (AvgIpc) is 2.82. The molecule has 2 heterocycles. The van der Waals surface area contributed by atoms with Gasteiger partial charge < -0.3 is 10.2 Å². The van der Waals surface area contributed by atoms with E-state index in [0.717, 1.165) is 42.9 Å². The predicted octanol–water partition coefficient (Wildman–Crippen LogP) is 5.12. The molecule has 0 spiro atoms. The van der Waals surface area contributed by atoms with E-state index in [1.807, 2.05) is 60.7 Å². The van der Waals surface area contributed by atoms with Crippen LogP contribution in [0.3, 0.4) is 0 Å². The molecule has 4 rings (SSSR count).